The average molecular weight is 501 g/mol. The number of aromatic nitrogens is 1. The van der Waals surface area contributed by atoms with Crippen molar-refractivity contribution < 1.29 is 28.5 Å². The fraction of sp³-hybridized carbons (Fsp3) is 0.385. The van der Waals surface area contributed by atoms with E-state index >= 15 is 0 Å². The van der Waals surface area contributed by atoms with Gasteiger partial charge in [-0.3, -0.25) is 10.1 Å². The Balaban J connectivity index is 1.63. The third-order valence-corrected chi connectivity index (χ3v) is 5.61. The molecule has 0 fully saturated rings. The molecular weight excluding hydrogens is 468 g/mol. The number of nitrogens with one attached hydrogen (secondary N) is 1. The van der Waals surface area contributed by atoms with Gasteiger partial charge in [-0.2, -0.15) is 0 Å². The first-order valence-corrected chi connectivity index (χ1v) is 12.5. The second-order valence-corrected chi connectivity index (χ2v) is 8.24. The second kappa shape index (κ2) is 13.7. The minimum absolute atomic E-state index is 0.258. The fourth-order valence-corrected chi connectivity index (χ4v) is 3.91. The molecule has 0 spiro atoms. The number of hydrogen-bond acceptors (Lipinski definition) is 8. The Labute approximate surface area is 210 Å². The highest BCUT2D eigenvalue weighted by molar-refractivity contribution is 7.14. The number of methoxy groups -OCH3 is 1. The number of hydrogen-bond donors (Lipinski definition) is 1. The standard InChI is InChI=1S/C26H32N2O6S/c1-5-14-33-20-12-13-23(30-4)21(15-20)22-17-35-26(27-22)28-25(29)18-8-10-19(11-9-18)34-16-24(31-6-2)32-7-3/h8-13,15,17,24H,5-7,14,16H2,1-4H3,(H,27,28,29). The summed E-state index contributed by atoms with van der Waals surface area (Å²) in [5.41, 5.74) is 2.00. The van der Waals surface area contributed by atoms with Crippen molar-refractivity contribution in [3.05, 3.63) is 53.4 Å². The Morgan fingerprint density at radius 1 is 1.00 bits per heavy atom. The number of carbonyl (C=O) groups excluding carboxylic acids is 1. The van der Waals surface area contributed by atoms with E-state index in [2.05, 4.69) is 17.2 Å². The van der Waals surface area contributed by atoms with Crippen LogP contribution in [0, 0.1) is 0 Å². The van der Waals surface area contributed by atoms with Gasteiger partial charge in [-0.15, -0.1) is 11.3 Å². The van der Waals surface area contributed by atoms with E-state index in [4.69, 9.17) is 23.7 Å². The maximum atomic E-state index is 12.7. The molecule has 0 aliphatic rings. The zero-order chi connectivity index (χ0) is 25.0. The van der Waals surface area contributed by atoms with Crippen molar-refractivity contribution in [2.24, 2.45) is 0 Å². The normalized spacial score (nSPS) is 10.9. The van der Waals surface area contributed by atoms with E-state index in [0.717, 1.165) is 17.7 Å². The molecule has 188 valence electrons. The topological polar surface area (TPSA) is 88.1 Å². The lowest BCUT2D eigenvalue weighted by Crippen LogP contribution is -2.25. The smallest absolute Gasteiger partial charge is 0.257 e. The molecule has 8 nitrogen and oxygen atoms in total. The van der Waals surface area contributed by atoms with Gasteiger partial charge in [-0.25, -0.2) is 4.98 Å². The largest absolute Gasteiger partial charge is 0.496 e. The molecule has 1 heterocycles. The highest BCUT2D eigenvalue weighted by Crippen LogP contribution is 2.35. The third-order valence-electron chi connectivity index (χ3n) is 4.85. The summed E-state index contributed by atoms with van der Waals surface area (Å²) in [6, 6.07) is 12.5. The van der Waals surface area contributed by atoms with Gasteiger partial charge in [0.1, 0.15) is 23.9 Å². The molecule has 0 saturated heterocycles. The van der Waals surface area contributed by atoms with Gasteiger partial charge >= 0.3 is 0 Å². The van der Waals surface area contributed by atoms with Gasteiger partial charge in [0.2, 0.25) is 0 Å². The molecule has 0 aliphatic heterocycles. The first-order valence-electron chi connectivity index (χ1n) is 11.6. The van der Waals surface area contributed by atoms with Crippen molar-refractivity contribution in [2.45, 2.75) is 33.5 Å². The van der Waals surface area contributed by atoms with E-state index in [1.807, 2.05) is 37.4 Å². The van der Waals surface area contributed by atoms with Crippen LogP contribution in [0.2, 0.25) is 0 Å². The molecule has 3 rings (SSSR count). The van der Waals surface area contributed by atoms with E-state index in [1.165, 1.54) is 11.3 Å². The minimum atomic E-state index is -0.426. The summed E-state index contributed by atoms with van der Waals surface area (Å²) >= 11 is 1.34. The Morgan fingerprint density at radius 3 is 2.37 bits per heavy atom. The summed E-state index contributed by atoms with van der Waals surface area (Å²) in [5.74, 6) is 1.80. The van der Waals surface area contributed by atoms with Crippen molar-refractivity contribution >= 4 is 22.4 Å². The lowest BCUT2D eigenvalue weighted by atomic mass is 10.1. The first-order chi connectivity index (χ1) is 17.1. The molecular formula is C26H32N2O6S. The zero-order valence-corrected chi connectivity index (χ0v) is 21.4. The van der Waals surface area contributed by atoms with Gasteiger partial charge in [-0.1, -0.05) is 6.92 Å². The predicted octanol–water partition coefficient (Wildman–Crippen LogP) is 5.64. The summed E-state index contributed by atoms with van der Waals surface area (Å²) in [6.07, 6.45) is 0.493. The number of nitrogens with zero attached hydrogens (tertiary/aromatic N) is 1. The monoisotopic (exact) mass is 500 g/mol. The summed E-state index contributed by atoms with van der Waals surface area (Å²) in [4.78, 5) is 17.3. The fourth-order valence-electron chi connectivity index (χ4n) is 3.20. The molecule has 0 atom stereocenters. The number of ether oxygens (including phenoxy) is 5. The maximum Gasteiger partial charge on any atom is 0.257 e. The molecule has 3 aromatic rings. The van der Waals surface area contributed by atoms with Crippen LogP contribution >= 0.6 is 11.3 Å². The SMILES string of the molecule is CCCOc1ccc(OC)c(-c2csc(NC(=O)c3ccc(OCC(OCC)OCC)cc3)n2)c1. The highest BCUT2D eigenvalue weighted by atomic mass is 32.1. The summed E-state index contributed by atoms with van der Waals surface area (Å²) in [6.45, 7) is 7.84. The van der Waals surface area contributed by atoms with Crippen molar-refractivity contribution in [3.8, 4) is 28.5 Å². The number of rotatable bonds is 14. The van der Waals surface area contributed by atoms with Crippen LogP contribution in [0.5, 0.6) is 17.2 Å². The van der Waals surface area contributed by atoms with Crippen molar-refractivity contribution in [3.63, 3.8) is 0 Å². The number of thiazole rings is 1. The van der Waals surface area contributed by atoms with Gasteiger partial charge in [0.25, 0.3) is 5.91 Å². The van der Waals surface area contributed by atoms with E-state index in [0.29, 0.717) is 47.7 Å². The molecule has 1 N–H and O–H groups in total. The van der Waals surface area contributed by atoms with Crippen LogP contribution in [0.25, 0.3) is 11.3 Å². The summed E-state index contributed by atoms with van der Waals surface area (Å²) in [5, 5.41) is 5.22. The van der Waals surface area contributed by atoms with E-state index in [1.54, 1.807) is 31.4 Å². The van der Waals surface area contributed by atoms with Gasteiger partial charge in [0.05, 0.1) is 19.4 Å². The van der Waals surface area contributed by atoms with Crippen molar-refractivity contribution in [2.75, 3.05) is 38.9 Å². The molecule has 0 unspecified atom stereocenters. The molecule has 0 radical (unpaired) electrons. The summed E-state index contributed by atoms with van der Waals surface area (Å²) < 4.78 is 27.9. The van der Waals surface area contributed by atoms with Crippen molar-refractivity contribution in [1.82, 2.24) is 4.98 Å². The van der Waals surface area contributed by atoms with E-state index in [9.17, 15) is 4.79 Å². The lowest BCUT2D eigenvalue weighted by Gasteiger charge is -2.17. The molecule has 2 aromatic carbocycles. The molecule has 1 amide bonds. The Kier molecular flexibility index (Phi) is 10.3. The average Bonchev–Trinajstić information content (AvgIpc) is 3.34. The predicted molar refractivity (Wildman–Crippen MR) is 137 cm³/mol. The Morgan fingerprint density at radius 2 is 1.71 bits per heavy atom. The van der Waals surface area contributed by atoms with E-state index < -0.39 is 6.29 Å². The zero-order valence-electron chi connectivity index (χ0n) is 20.5. The van der Waals surface area contributed by atoms with Crippen LogP contribution in [0.1, 0.15) is 37.6 Å². The van der Waals surface area contributed by atoms with Crippen LogP contribution in [-0.4, -0.2) is 50.7 Å². The lowest BCUT2D eigenvalue weighted by molar-refractivity contribution is -0.152. The van der Waals surface area contributed by atoms with Crippen LogP contribution in [0.3, 0.4) is 0 Å². The highest BCUT2D eigenvalue weighted by Gasteiger charge is 2.15. The van der Waals surface area contributed by atoms with E-state index in [-0.39, 0.29) is 12.5 Å². The summed E-state index contributed by atoms with van der Waals surface area (Å²) in [7, 11) is 1.61. The molecule has 0 aliphatic carbocycles. The second-order valence-electron chi connectivity index (χ2n) is 7.38. The molecule has 35 heavy (non-hydrogen) atoms. The van der Waals surface area contributed by atoms with Crippen LogP contribution in [0.15, 0.2) is 47.8 Å². The van der Waals surface area contributed by atoms with Crippen molar-refractivity contribution in [1.29, 1.82) is 0 Å². The number of benzene rings is 2. The minimum Gasteiger partial charge on any atom is -0.496 e. The first kappa shape index (κ1) is 26.5. The molecule has 1 aromatic heterocycles. The number of amides is 1. The molecule has 9 heteroatoms. The van der Waals surface area contributed by atoms with Crippen LogP contribution in [0.4, 0.5) is 5.13 Å². The van der Waals surface area contributed by atoms with Gasteiger partial charge in [0, 0.05) is 29.7 Å². The van der Waals surface area contributed by atoms with Crippen LogP contribution in [-0.2, 0) is 9.47 Å². The quantitative estimate of drug-likeness (QED) is 0.287. The number of carbonyl (C=O) groups is 1. The van der Waals surface area contributed by atoms with Crippen LogP contribution < -0.4 is 19.5 Å². The Bertz CT molecular complexity index is 1060. The molecule has 0 saturated carbocycles. The molecule has 0 bridgehead atoms. The van der Waals surface area contributed by atoms with Gasteiger partial charge in [0.15, 0.2) is 11.4 Å². The number of anilines is 1. The third kappa shape index (κ3) is 7.68. The van der Waals surface area contributed by atoms with Gasteiger partial charge in [-0.05, 0) is 62.7 Å². The Hall–Kier alpha value is -3.14. The maximum absolute atomic E-state index is 12.7. The van der Waals surface area contributed by atoms with Gasteiger partial charge < -0.3 is 23.7 Å².